The van der Waals surface area contributed by atoms with E-state index in [1.54, 1.807) is 6.07 Å². The van der Waals surface area contributed by atoms with Crippen LogP contribution in [0.5, 0.6) is 0 Å². The van der Waals surface area contributed by atoms with Gasteiger partial charge in [0.25, 0.3) is 5.91 Å². The molecule has 2 N–H and O–H groups in total. The highest BCUT2D eigenvalue weighted by molar-refractivity contribution is 7.20. The summed E-state index contributed by atoms with van der Waals surface area (Å²) in [6.45, 7) is 3.85. The minimum absolute atomic E-state index is 0.146. The second-order valence-electron chi connectivity index (χ2n) is 7.11. The monoisotopic (exact) mass is 414 g/mol. The summed E-state index contributed by atoms with van der Waals surface area (Å²) in [5, 5.41) is 7.16. The molecular formula is C21H23FN4O2S. The fourth-order valence-electron chi connectivity index (χ4n) is 3.53. The van der Waals surface area contributed by atoms with Crippen LogP contribution >= 0.6 is 11.3 Å². The molecule has 1 aromatic carbocycles. The number of nitrogens with zero attached hydrogens (tertiary/aromatic N) is 2. The normalized spacial score (nSPS) is 16.3. The third-order valence-electron chi connectivity index (χ3n) is 5.04. The summed E-state index contributed by atoms with van der Waals surface area (Å²) in [7, 11) is 0. The smallest absolute Gasteiger partial charge is 0.261 e. The molecule has 6 nitrogen and oxygen atoms in total. The van der Waals surface area contributed by atoms with Crippen LogP contribution in [0.4, 0.5) is 10.2 Å². The molecule has 1 unspecified atom stereocenters. The van der Waals surface area contributed by atoms with E-state index < -0.39 is 0 Å². The van der Waals surface area contributed by atoms with E-state index in [1.165, 1.54) is 29.8 Å². The van der Waals surface area contributed by atoms with Crippen LogP contribution in [0.1, 0.15) is 33.6 Å². The fraction of sp³-hybridized carbons (Fsp3) is 0.381. The van der Waals surface area contributed by atoms with Gasteiger partial charge >= 0.3 is 0 Å². The Morgan fingerprint density at radius 2 is 2.28 bits per heavy atom. The van der Waals surface area contributed by atoms with Crippen molar-refractivity contribution in [3.05, 3.63) is 52.4 Å². The number of hydrogen-bond donors (Lipinski definition) is 2. The number of thiophene rings is 1. The van der Waals surface area contributed by atoms with Crippen LogP contribution in [0.15, 0.2) is 30.6 Å². The molecule has 1 aliphatic rings. The number of carbonyl (C=O) groups excluding carboxylic acids is 1. The number of rotatable bonds is 7. The van der Waals surface area contributed by atoms with Crippen LogP contribution in [-0.4, -0.2) is 41.7 Å². The van der Waals surface area contributed by atoms with E-state index >= 15 is 0 Å². The van der Waals surface area contributed by atoms with Gasteiger partial charge < -0.3 is 15.4 Å². The number of aryl methyl sites for hydroxylation is 1. The number of amides is 1. The molecule has 0 radical (unpaired) electrons. The number of halogens is 1. The van der Waals surface area contributed by atoms with Gasteiger partial charge in [0.05, 0.1) is 16.4 Å². The van der Waals surface area contributed by atoms with Crippen molar-refractivity contribution in [1.29, 1.82) is 0 Å². The van der Waals surface area contributed by atoms with Crippen molar-refractivity contribution in [2.45, 2.75) is 32.3 Å². The highest BCUT2D eigenvalue weighted by Crippen LogP contribution is 2.33. The van der Waals surface area contributed by atoms with Crippen LogP contribution < -0.4 is 10.6 Å². The first-order chi connectivity index (χ1) is 14.1. The highest BCUT2D eigenvalue weighted by atomic mass is 32.1. The molecule has 4 rings (SSSR count). The van der Waals surface area contributed by atoms with Crippen LogP contribution in [0.25, 0.3) is 10.2 Å². The summed E-state index contributed by atoms with van der Waals surface area (Å²) in [5.74, 6) is 0.320. The second kappa shape index (κ2) is 8.84. The number of benzene rings is 1. The first-order valence-corrected chi connectivity index (χ1v) is 10.6. The Morgan fingerprint density at radius 1 is 1.38 bits per heavy atom. The number of aromatic nitrogens is 2. The van der Waals surface area contributed by atoms with Crippen molar-refractivity contribution in [3.63, 3.8) is 0 Å². The standard InChI is InChI=1S/C21H23FN4O2S/c1-13-17-19(24-11-16-6-3-9-28-16)25-12-26-21(17)29-18(13)20(27)23-8-7-14-4-2-5-15(22)10-14/h2,4-5,10,12,16H,3,6-9,11H2,1H3,(H,23,27)(H,24,25,26). The molecule has 0 aliphatic carbocycles. The number of ether oxygens (including phenoxy) is 1. The van der Waals surface area contributed by atoms with Crippen LogP contribution in [0.2, 0.25) is 0 Å². The average molecular weight is 415 g/mol. The Labute approximate surface area is 172 Å². The quantitative estimate of drug-likeness (QED) is 0.617. The van der Waals surface area contributed by atoms with E-state index in [-0.39, 0.29) is 17.8 Å². The molecule has 8 heteroatoms. The van der Waals surface area contributed by atoms with Gasteiger partial charge in [-0.25, -0.2) is 14.4 Å². The topological polar surface area (TPSA) is 76.1 Å². The molecule has 1 amide bonds. The summed E-state index contributed by atoms with van der Waals surface area (Å²) < 4.78 is 18.9. The third kappa shape index (κ3) is 4.54. The van der Waals surface area contributed by atoms with Crippen molar-refractivity contribution < 1.29 is 13.9 Å². The minimum Gasteiger partial charge on any atom is -0.376 e. The van der Waals surface area contributed by atoms with Crippen LogP contribution in [0, 0.1) is 12.7 Å². The van der Waals surface area contributed by atoms with E-state index in [0.717, 1.165) is 46.6 Å². The summed E-state index contributed by atoms with van der Waals surface area (Å²) >= 11 is 1.36. The maximum absolute atomic E-state index is 13.3. The molecule has 0 saturated carbocycles. The Bertz CT molecular complexity index is 1020. The van der Waals surface area contributed by atoms with Gasteiger partial charge in [-0.1, -0.05) is 12.1 Å². The molecule has 3 heterocycles. The van der Waals surface area contributed by atoms with Crippen molar-refractivity contribution in [1.82, 2.24) is 15.3 Å². The van der Waals surface area contributed by atoms with Gasteiger partial charge in [-0.05, 0) is 49.4 Å². The van der Waals surface area contributed by atoms with Gasteiger partial charge in [0.15, 0.2) is 0 Å². The molecule has 1 saturated heterocycles. The molecular weight excluding hydrogens is 391 g/mol. The number of nitrogens with one attached hydrogen (secondary N) is 2. The summed E-state index contributed by atoms with van der Waals surface area (Å²) in [5.41, 5.74) is 1.72. The van der Waals surface area contributed by atoms with E-state index in [2.05, 4.69) is 20.6 Å². The number of anilines is 1. The van der Waals surface area contributed by atoms with Gasteiger partial charge in [0.1, 0.15) is 22.8 Å². The lowest BCUT2D eigenvalue weighted by Gasteiger charge is -2.12. The molecule has 1 fully saturated rings. The summed E-state index contributed by atoms with van der Waals surface area (Å²) in [6.07, 6.45) is 4.42. The summed E-state index contributed by atoms with van der Waals surface area (Å²) in [4.78, 5) is 22.8. The minimum atomic E-state index is -0.268. The lowest BCUT2D eigenvalue weighted by molar-refractivity contribution is 0.0957. The predicted molar refractivity (Wildman–Crippen MR) is 112 cm³/mol. The maximum atomic E-state index is 13.3. The van der Waals surface area contributed by atoms with E-state index in [4.69, 9.17) is 4.74 Å². The second-order valence-corrected chi connectivity index (χ2v) is 8.11. The molecule has 152 valence electrons. The van der Waals surface area contributed by atoms with E-state index in [1.807, 2.05) is 13.0 Å². The maximum Gasteiger partial charge on any atom is 0.261 e. The van der Waals surface area contributed by atoms with Crippen molar-refractivity contribution >= 4 is 33.3 Å². The summed E-state index contributed by atoms with van der Waals surface area (Å²) in [6, 6.07) is 6.42. The van der Waals surface area contributed by atoms with Crippen molar-refractivity contribution in [2.75, 3.05) is 25.0 Å². The van der Waals surface area contributed by atoms with Crippen LogP contribution in [0.3, 0.4) is 0 Å². The Hall–Kier alpha value is -2.58. The van der Waals surface area contributed by atoms with Gasteiger partial charge in [-0.15, -0.1) is 11.3 Å². The number of fused-ring (bicyclic) bond motifs is 1. The molecule has 1 aliphatic heterocycles. The largest absolute Gasteiger partial charge is 0.376 e. The fourth-order valence-corrected chi connectivity index (χ4v) is 4.60. The van der Waals surface area contributed by atoms with Crippen molar-refractivity contribution in [2.24, 2.45) is 0 Å². The van der Waals surface area contributed by atoms with Gasteiger partial charge in [0, 0.05) is 19.7 Å². The van der Waals surface area contributed by atoms with E-state index in [9.17, 15) is 9.18 Å². The highest BCUT2D eigenvalue weighted by Gasteiger charge is 2.20. The number of hydrogen-bond acceptors (Lipinski definition) is 6. The zero-order valence-electron chi connectivity index (χ0n) is 16.2. The van der Waals surface area contributed by atoms with Crippen LogP contribution in [-0.2, 0) is 11.2 Å². The molecule has 3 aromatic rings. The first kappa shape index (κ1) is 19.7. The number of carbonyl (C=O) groups is 1. The van der Waals surface area contributed by atoms with Gasteiger partial charge in [-0.2, -0.15) is 0 Å². The molecule has 1 atom stereocenters. The van der Waals surface area contributed by atoms with Gasteiger partial charge in [-0.3, -0.25) is 4.79 Å². The lowest BCUT2D eigenvalue weighted by atomic mass is 10.1. The lowest BCUT2D eigenvalue weighted by Crippen LogP contribution is -2.25. The molecule has 29 heavy (non-hydrogen) atoms. The average Bonchev–Trinajstić information content (AvgIpc) is 3.35. The van der Waals surface area contributed by atoms with Crippen molar-refractivity contribution in [3.8, 4) is 0 Å². The zero-order chi connectivity index (χ0) is 20.2. The first-order valence-electron chi connectivity index (χ1n) is 9.74. The molecule has 0 bridgehead atoms. The predicted octanol–water partition coefficient (Wildman–Crippen LogP) is 3.70. The Kier molecular flexibility index (Phi) is 6.01. The Balaban J connectivity index is 1.44. The molecule has 2 aromatic heterocycles. The third-order valence-corrected chi connectivity index (χ3v) is 6.24. The zero-order valence-corrected chi connectivity index (χ0v) is 17.0. The van der Waals surface area contributed by atoms with Gasteiger partial charge in [0.2, 0.25) is 0 Å². The Morgan fingerprint density at radius 3 is 3.07 bits per heavy atom. The SMILES string of the molecule is Cc1c(C(=O)NCCc2cccc(F)c2)sc2ncnc(NCC3CCCO3)c12. The van der Waals surface area contributed by atoms with E-state index in [0.29, 0.717) is 24.4 Å². The molecule has 0 spiro atoms.